The largest absolute Gasteiger partial charge is 0.488 e. The monoisotopic (exact) mass is 451 g/mol. The molecule has 2 aromatic heterocycles. The lowest BCUT2D eigenvalue weighted by Gasteiger charge is -2.31. The molecule has 0 amide bonds. The Bertz CT molecular complexity index is 1100. The number of nitrogens with zero attached hydrogens (tertiary/aromatic N) is 6. The van der Waals surface area contributed by atoms with E-state index in [1.807, 2.05) is 6.92 Å². The number of anilines is 2. The molecular formula is C23H29N7O3. The zero-order valence-corrected chi connectivity index (χ0v) is 19.0. The standard InChI is InChI=1S/C23H29N7O3/c1-15-26-22(29-23(27-15)31-2)28-16-3-5-18(6-4-16)33-20-14-17(30-9-11-32-12-10-30)13-19-21(20)25-8-7-24-19/h7-8,13-14,16,18H,3-6,9-12H2,1-2H3,(H,26,27,28,29)/t16-,18+. The van der Waals surface area contributed by atoms with Crippen LogP contribution in [0.25, 0.3) is 11.0 Å². The van der Waals surface area contributed by atoms with E-state index in [-0.39, 0.29) is 12.1 Å². The maximum atomic E-state index is 6.50. The van der Waals surface area contributed by atoms with Crippen molar-refractivity contribution in [1.29, 1.82) is 0 Å². The molecule has 1 aliphatic heterocycles. The van der Waals surface area contributed by atoms with E-state index in [0.717, 1.165) is 74.5 Å². The Kier molecular flexibility index (Phi) is 6.34. The molecule has 3 aromatic rings. The molecule has 1 saturated carbocycles. The van der Waals surface area contributed by atoms with E-state index >= 15 is 0 Å². The van der Waals surface area contributed by atoms with Gasteiger partial charge in [-0.2, -0.15) is 15.0 Å². The molecule has 174 valence electrons. The first-order valence-corrected chi connectivity index (χ1v) is 11.5. The van der Waals surface area contributed by atoms with Crippen molar-refractivity contribution >= 4 is 22.7 Å². The van der Waals surface area contributed by atoms with Crippen molar-refractivity contribution in [1.82, 2.24) is 24.9 Å². The molecule has 2 aliphatic rings. The second-order valence-corrected chi connectivity index (χ2v) is 8.40. The number of nitrogens with one attached hydrogen (secondary N) is 1. The smallest absolute Gasteiger partial charge is 0.321 e. The van der Waals surface area contributed by atoms with Gasteiger partial charge in [0.2, 0.25) is 5.95 Å². The molecule has 0 spiro atoms. The van der Waals surface area contributed by atoms with Crippen LogP contribution in [0.15, 0.2) is 24.5 Å². The Morgan fingerprint density at radius 1 is 1.00 bits per heavy atom. The van der Waals surface area contributed by atoms with Crippen LogP contribution >= 0.6 is 0 Å². The molecular weight excluding hydrogens is 422 g/mol. The molecule has 5 rings (SSSR count). The highest BCUT2D eigenvalue weighted by Gasteiger charge is 2.25. The first kappa shape index (κ1) is 21.6. The number of aryl methyl sites for hydroxylation is 1. The van der Waals surface area contributed by atoms with Gasteiger partial charge in [-0.25, -0.2) is 4.98 Å². The van der Waals surface area contributed by atoms with E-state index < -0.39 is 0 Å². The first-order valence-electron chi connectivity index (χ1n) is 11.5. The lowest BCUT2D eigenvalue weighted by atomic mass is 9.93. The molecule has 0 unspecified atom stereocenters. The van der Waals surface area contributed by atoms with Crippen molar-refractivity contribution in [3.63, 3.8) is 0 Å². The van der Waals surface area contributed by atoms with Crippen LogP contribution in [0.5, 0.6) is 11.8 Å². The van der Waals surface area contributed by atoms with Gasteiger partial charge in [0.05, 0.1) is 31.9 Å². The predicted octanol–water partition coefficient (Wildman–Crippen LogP) is 2.77. The highest BCUT2D eigenvalue weighted by Crippen LogP contribution is 2.33. The molecule has 1 saturated heterocycles. The Morgan fingerprint density at radius 3 is 2.58 bits per heavy atom. The lowest BCUT2D eigenvalue weighted by molar-refractivity contribution is 0.122. The van der Waals surface area contributed by atoms with Gasteiger partial charge in [0, 0.05) is 43.3 Å². The van der Waals surface area contributed by atoms with Crippen LogP contribution in [0, 0.1) is 6.92 Å². The van der Waals surface area contributed by atoms with Gasteiger partial charge in [-0.05, 0) is 38.7 Å². The summed E-state index contributed by atoms with van der Waals surface area (Å²) in [7, 11) is 1.56. The van der Waals surface area contributed by atoms with Gasteiger partial charge < -0.3 is 24.4 Å². The number of ether oxygens (including phenoxy) is 3. The molecule has 10 heteroatoms. The Hall–Kier alpha value is -3.27. The average molecular weight is 452 g/mol. The van der Waals surface area contributed by atoms with E-state index in [9.17, 15) is 0 Å². The quantitative estimate of drug-likeness (QED) is 0.601. The first-order chi connectivity index (χ1) is 16.2. The molecule has 1 aliphatic carbocycles. The maximum absolute atomic E-state index is 6.50. The Labute approximate surface area is 192 Å². The van der Waals surface area contributed by atoms with Gasteiger partial charge in [-0.1, -0.05) is 0 Å². The van der Waals surface area contributed by atoms with Crippen molar-refractivity contribution < 1.29 is 14.2 Å². The van der Waals surface area contributed by atoms with Crippen molar-refractivity contribution in [3.8, 4) is 11.8 Å². The van der Waals surface area contributed by atoms with E-state index in [0.29, 0.717) is 17.8 Å². The topological polar surface area (TPSA) is 107 Å². The number of aromatic nitrogens is 5. The molecule has 10 nitrogen and oxygen atoms in total. The molecule has 2 fully saturated rings. The van der Waals surface area contributed by atoms with Gasteiger partial charge in [0.25, 0.3) is 0 Å². The van der Waals surface area contributed by atoms with E-state index in [4.69, 9.17) is 14.2 Å². The average Bonchev–Trinajstić information content (AvgIpc) is 2.85. The fourth-order valence-corrected chi connectivity index (χ4v) is 4.42. The van der Waals surface area contributed by atoms with Crippen molar-refractivity contribution in [2.24, 2.45) is 0 Å². The highest BCUT2D eigenvalue weighted by molar-refractivity contribution is 5.85. The molecule has 0 bridgehead atoms. The van der Waals surface area contributed by atoms with Gasteiger partial charge in [0.15, 0.2) is 0 Å². The third-order valence-electron chi connectivity index (χ3n) is 6.11. The summed E-state index contributed by atoms with van der Waals surface area (Å²) in [5, 5.41) is 3.42. The van der Waals surface area contributed by atoms with Crippen LogP contribution in [-0.4, -0.2) is 70.5 Å². The SMILES string of the molecule is COc1nc(C)nc(N[C@H]2CC[C@@H](Oc3cc(N4CCOCC4)cc4nccnc34)CC2)n1. The summed E-state index contributed by atoms with van der Waals surface area (Å²) in [5.74, 6) is 1.99. The van der Waals surface area contributed by atoms with Crippen LogP contribution < -0.4 is 19.7 Å². The number of rotatable bonds is 6. The van der Waals surface area contributed by atoms with Gasteiger partial charge >= 0.3 is 6.01 Å². The lowest BCUT2D eigenvalue weighted by Crippen LogP contribution is -2.36. The van der Waals surface area contributed by atoms with Crippen molar-refractivity contribution in [2.75, 3.05) is 43.6 Å². The molecule has 3 heterocycles. The molecule has 33 heavy (non-hydrogen) atoms. The summed E-state index contributed by atoms with van der Waals surface area (Å²) in [6.45, 7) is 5.03. The number of methoxy groups -OCH3 is 1. The zero-order valence-electron chi connectivity index (χ0n) is 19.0. The summed E-state index contributed by atoms with van der Waals surface area (Å²) in [6.07, 6.45) is 7.36. The van der Waals surface area contributed by atoms with Crippen LogP contribution in [0.1, 0.15) is 31.5 Å². The molecule has 0 atom stereocenters. The molecule has 1 N–H and O–H groups in total. The summed E-state index contributed by atoms with van der Waals surface area (Å²) < 4.78 is 17.2. The van der Waals surface area contributed by atoms with Crippen LogP contribution in [0.2, 0.25) is 0 Å². The third-order valence-corrected chi connectivity index (χ3v) is 6.11. The number of hydrogen-bond donors (Lipinski definition) is 1. The van der Waals surface area contributed by atoms with Crippen LogP contribution in [0.3, 0.4) is 0 Å². The van der Waals surface area contributed by atoms with Crippen molar-refractivity contribution in [2.45, 2.75) is 44.8 Å². The fraction of sp³-hybridized carbons (Fsp3) is 0.522. The fourth-order valence-electron chi connectivity index (χ4n) is 4.42. The minimum absolute atomic E-state index is 0.128. The normalized spacial score (nSPS) is 21.1. The van der Waals surface area contributed by atoms with Crippen molar-refractivity contribution in [3.05, 3.63) is 30.4 Å². The van der Waals surface area contributed by atoms with Crippen LogP contribution in [-0.2, 0) is 4.74 Å². The Balaban J connectivity index is 1.26. The zero-order chi connectivity index (χ0) is 22.6. The predicted molar refractivity (Wildman–Crippen MR) is 124 cm³/mol. The third kappa shape index (κ3) is 5.05. The number of benzene rings is 1. The van der Waals surface area contributed by atoms with E-state index in [2.05, 4.69) is 47.3 Å². The number of fused-ring (bicyclic) bond motifs is 1. The van der Waals surface area contributed by atoms with Gasteiger partial charge in [-0.15, -0.1) is 0 Å². The number of hydrogen-bond acceptors (Lipinski definition) is 10. The summed E-state index contributed by atoms with van der Waals surface area (Å²) in [6, 6.07) is 4.81. The summed E-state index contributed by atoms with van der Waals surface area (Å²) in [5.41, 5.74) is 2.77. The second-order valence-electron chi connectivity index (χ2n) is 8.40. The van der Waals surface area contributed by atoms with E-state index in [1.165, 1.54) is 0 Å². The number of morpholine rings is 1. The molecule has 0 radical (unpaired) electrons. The summed E-state index contributed by atoms with van der Waals surface area (Å²) >= 11 is 0. The maximum Gasteiger partial charge on any atom is 0.321 e. The van der Waals surface area contributed by atoms with Crippen LogP contribution in [0.4, 0.5) is 11.6 Å². The summed E-state index contributed by atoms with van der Waals surface area (Å²) in [4.78, 5) is 24.2. The van der Waals surface area contributed by atoms with E-state index in [1.54, 1.807) is 19.5 Å². The molecule has 1 aromatic carbocycles. The minimum Gasteiger partial charge on any atom is -0.488 e. The minimum atomic E-state index is 0.128. The Morgan fingerprint density at radius 2 is 1.79 bits per heavy atom. The van der Waals surface area contributed by atoms with Gasteiger partial charge in [-0.3, -0.25) is 4.98 Å². The highest BCUT2D eigenvalue weighted by atomic mass is 16.5. The van der Waals surface area contributed by atoms with Gasteiger partial charge in [0.1, 0.15) is 17.1 Å². The second kappa shape index (κ2) is 9.70.